The van der Waals surface area contributed by atoms with Crippen LogP contribution in [0.4, 0.5) is 11.6 Å². The van der Waals surface area contributed by atoms with Crippen molar-refractivity contribution in [1.29, 1.82) is 10.5 Å². The SMILES string of the molecule is COc1ccc([C@@H]2[C@@H](C#N)[C@H](C#N)N3c4nncn4-c4ccc(C)cc4N23)cc1. The van der Waals surface area contributed by atoms with E-state index in [1.807, 2.05) is 52.9 Å². The summed E-state index contributed by atoms with van der Waals surface area (Å²) in [4.78, 5) is 0. The van der Waals surface area contributed by atoms with Crippen LogP contribution in [-0.2, 0) is 0 Å². The number of aromatic nitrogens is 3. The molecular formula is C21H17N7O. The third kappa shape index (κ3) is 2.29. The van der Waals surface area contributed by atoms with Crippen molar-refractivity contribution in [3.8, 4) is 23.6 Å². The van der Waals surface area contributed by atoms with Gasteiger partial charge >= 0.3 is 0 Å². The number of hydrogen-bond acceptors (Lipinski definition) is 7. The fraction of sp³-hybridized carbons (Fsp3) is 0.238. The first-order valence-corrected chi connectivity index (χ1v) is 9.20. The summed E-state index contributed by atoms with van der Waals surface area (Å²) in [6, 6.07) is 17.4. The van der Waals surface area contributed by atoms with E-state index in [0.717, 1.165) is 28.3 Å². The molecule has 1 fully saturated rings. The van der Waals surface area contributed by atoms with Crippen LogP contribution in [0.1, 0.15) is 17.2 Å². The minimum Gasteiger partial charge on any atom is -0.497 e. The molecule has 5 rings (SSSR count). The van der Waals surface area contributed by atoms with E-state index in [1.165, 1.54) is 0 Å². The van der Waals surface area contributed by atoms with E-state index in [0.29, 0.717) is 5.95 Å². The summed E-state index contributed by atoms with van der Waals surface area (Å²) in [5, 5.41) is 32.1. The molecule has 2 aliphatic rings. The molecule has 3 atom stereocenters. The van der Waals surface area contributed by atoms with Crippen LogP contribution in [0.3, 0.4) is 0 Å². The molecule has 0 N–H and O–H groups in total. The van der Waals surface area contributed by atoms with E-state index in [4.69, 9.17) is 4.74 Å². The Morgan fingerprint density at radius 3 is 2.48 bits per heavy atom. The van der Waals surface area contributed by atoms with Crippen LogP contribution in [0.15, 0.2) is 48.8 Å². The quantitative estimate of drug-likeness (QED) is 0.671. The van der Waals surface area contributed by atoms with Gasteiger partial charge in [0.1, 0.15) is 18.0 Å². The van der Waals surface area contributed by atoms with Crippen molar-refractivity contribution in [3.05, 3.63) is 59.9 Å². The fourth-order valence-electron chi connectivity index (χ4n) is 4.23. The Hall–Kier alpha value is -4.04. The maximum absolute atomic E-state index is 10.0. The van der Waals surface area contributed by atoms with Crippen molar-refractivity contribution in [2.45, 2.75) is 19.0 Å². The van der Waals surface area contributed by atoms with Gasteiger partial charge in [-0.15, -0.1) is 10.2 Å². The van der Waals surface area contributed by atoms with Crippen LogP contribution < -0.4 is 14.8 Å². The highest BCUT2D eigenvalue weighted by atomic mass is 16.5. The predicted octanol–water partition coefficient (Wildman–Crippen LogP) is 2.91. The summed E-state index contributed by atoms with van der Waals surface area (Å²) < 4.78 is 7.14. The average Bonchev–Trinajstić information content (AvgIpc) is 3.36. The van der Waals surface area contributed by atoms with Gasteiger partial charge in [0.25, 0.3) is 5.95 Å². The second-order valence-electron chi connectivity index (χ2n) is 7.13. The zero-order valence-corrected chi connectivity index (χ0v) is 15.9. The molecule has 0 saturated carbocycles. The first-order valence-electron chi connectivity index (χ1n) is 9.20. The Labute approximate surface area is 167 Å². The lowest BCUT2D eigenvalue weighted by atomic mass is 9.90. The molecule has 142 valence electrons. The van der Waals surface area contributed by atoms with Crippen LogP contribution in [0.25, 0.3) is 5.69 Å². The third-order valence-electron chi connectivity index (χ3n) is 5.55. The number of hydrogen-bond donors (Lipinski definition) is 0. The Morgan fingerprint density at radius 1 is 1.00 bits per heavy atom. The number of fused-ring (bicyclic) bond motifs is 6. The second kappa shape index (κ2) is 6.25. The smallest absolute Gasteiger partial charge is 0.251 e. The maximum Gasteiger partial charge on any atom is 0.251 e. The van der Waals surface area contributed by atoms with E-state index < -0.39 is 12.0 Å². The average molecular weight is 383 g/mol. The summed E-state index contributed by atoms with van der Waals surface area (Å²) in [6.07, 6.45) is 1.64. The Balaban J connectivity index is 1.76. The summed E-state index contributed by atoms with van der Waals surface area (Å²) in [7, 11) is 1.62. The number of methoxy groups -OCH3 is 1. The lowest BCUT2D eigenvalue weighted by molar-refractivity contribution is 0.414. The van der Waals surface area contributed by atoms with E-state index in [9.17, 15) is 10.5 Å². The highest BCUT2D eigenvalue weighted by Crippen LogP contribution is 2.50. The van der Waals surface area contributed by atoms with Crippen LogP contribution in [0.5, 0.6) is 5.75 Å². The van der Waals surface area contributed by atoms with Gasteiger partial charge in [-0.2, -0.15) is 10.5 Å². The van der Waals surface area contributed by atoms with Gasteiger partial charge in [-0.1, -0.05) is 18.2 Å². The molecule has 3 aromatic rings. The zero-order chi connectivity index (χ0) is 20.1. The minimum atomic E-state index is -0.691. The molecule has 0 bridgehead atoms. The summed E-state index contributed by atoms with van der Waals surface area (Å²) in [6.45, 7) is 2.02. The molecule has 0 amide bonds. The summed E-state index contributed by atoms with van der Waals surface area (Å²) in [5.74, 6) is 0.692. The van der Waals surface area contributed by atoms with E-state index in [1.54, 1.807) is 18.4 Å². The normalized spacial score (nSPS) is 21.6. The van der Waals surface area contributed by atoms with E-state index >= 15 is 0 Å². The number of ether oxygens (including phenoxy) is 1. The summed E-state index contributed by atoms with van der Waals surface area (Å²) in [5.41, 5.74) is 3.85. The van der Waals surface area contributed by atoms with Gasteiger partial charge in [0.15, 0.2) is 6.04 Å². The molecule has 0 aliphatic carbocycles. The lowest BCUT2D eigenvalue weighted by Crippen LogP contribution is -2.46. The molecule has 2 aromatic carbocycles. The first kappa shape index (κ1) is 17.1. The van der Waals surface area contributed by atoms with Gasteiger partial charge in [-0.3, -0.25) is 9.58 Å². The van der Waals surface area contributed by atoms with E-state index in [-0.39, 0.29) is 6.04 Å². The maximum atomic E-state index is 10.0. The van der Waals surface area contributed by atoms with Crippen LogP contribution in [-0.4, -0.2) is 27.9 Å². The van der Waals surface area contributed by atoms with Crippen molar-refractivity contribution in [3.63, 3.8) is 0 Å². The standard InChI is InChI=1S/C21H17N7O/c1-13-3-8-17-18(9-13)27-20(14-4-6-15(29-2)7-5-14)16(10-22)19(11-23)28(27)21-25-24-12-26(17)21/h3-9,12,16,19-20H,1-2H3/t16-,19-,20+/m0/s1. The monoisotopic (exact) mass is 383 g/mol. The van der Waals surface area contributed by atoms with Crippen LogP contribution >= 0.6 is 0 Å². The number of nitriles is 2. The lowest BCUT2D eigenvalue weighted by Gasteiger charge is -2.40. The van der Waals surface area contributed by atoms with Crippen LogP contribution in [0, 0.1) is 35.5 Å². The Morgan fingerprint density at radius 2 is 1.79 bits per heavy atom. The van der Waals surface area contributed by atoms with Crippen molar-refractivity contribution < 1.29 is 4.74 Å². The Kier molecular flexibility index (Phi) is 3.68. The number of benzene rings is 2. The molecule has 3 heterocycles. The molecule has 29 heavy (non-hydrogen) atoms. The largest absolute Gasteiger partial charge is 0.497 e. The van der Waals surface area contributed by atoms with Gasteiger partial charge < -0.3 is 4.74 Å². The number of aryl methyl sites for hydroxylation is 1. The molecule has 0 unspecified atom stereocenters. The molecule has 8 heteroatoms. The van der Waals surface area contributed by atoms with Crippen LogP contribution in [0.2, 0.25) is 0 Å². The highest BCUT2D eigenvalue weighted by molar-refractivity contribution is 5.75. The number of rotatable bonds is 2. The van der Waals surface area contributed by atoms with Gasteiger partial charge in [-0.05, 0) is 42.3 Å². The van der Waals surface area contributed by atoms with Gasteiger partial charge in [0.05, 0.1) is 36.7 Å². The third-order valence-corrected chi connectivity index (χ3v) is 5.55. The van der Waals surface area contributed by atoms with E-state index in [2.05, 4.69) is 28.4 Å². The number of hydrazine groups is 1. The predicted molar refractivity (Wildman–Crippen MR) is 105 cm³/mol. The van der Waals surface area contributed by atoms with Crippen molar-refractivity contribution in [2.75, 3.05) is 17.1 Å². The molecule has 1 saturated heterocycles. The van der Waals surface area contributed by atoms with Gasteiger partial charge in [-0.25, -0.2) is 5.01 Å². The second-order valence-corrected chi connectivity index (χ2v) is 7.13. The van der Waals surface area contributed by atoms with Crippen molar-refractivity contribution >= 4 is 11.6 Å². The van der Waals surface area contributed by atoms with Gasteiger partial charge in [0, 0.05) is 0 Å². The van der Waals surface area contributed by atoms with Crippen molar-refractivity contribution in [2.24, 2.45) is 5.92 Å². The first-order chi connectivity index (χ1) is 14.2. The molecule has 0 radical (unpaired) electrons. The summed E-state index contributed by atoms with van der Waals surface area (Å²) >= 11 is 0. The minimum absolute atomic E-state index is 0.346. The number of anilines is 2. The molecule has 2 aliphatic heterocycles. The van der Waals surface area contributed by atoms with Crippen molar-refractivity contribution in [1.82, 2.24) is 14.8 Å². The molecule has 1 aromatic heterocycles. The van der Waals surface area contributed by atoms with Gasteiger partial charge in [0.2, 0.25) is 0 Å². The molecule has 0 spiro atoms. The highest BCUT2D eigenvalue weighted by Gasteiger charge is 2.53. The number of nitrogens with zero attached hydrogens (tertiary/aromatic N) is 7. The molecular weight excluding hydrogens is 366 g/mol. The zero-order valence-electron chi connectivity index (χ0n) is 15.9. The Bertz CT molecular complexity index is 1170. The molecule has 8 nitrogen and oxygen atoms in total. The topological polar surface area (TPSA) is 94.0 Å². The fourth-order valence-corrected chi connectivity index (χ4v) is 4.23.